The molecular weight excluding hydrogens is 688 g/mol. The Labute approximate surface area is 303 Å². The van der Waals surface area contributed by atoms with Crippen molar-refractivity contribution in [3.63, 3.8) is 0 Å². The zero-order valence-electron chi connectivity index (χ0n) is 26.7. The summed E-state index contributed by atoms with van der Waals surface area (Å²) in [5, 5.41) is 9.26. The van der Waals surface area contributed by atoms with E-state index in [1.165, 1.54) is 0 Å². The second kappa shape index (κ2) is 13.8. The van der Waals surface area contributed by atoms with Gasteiger partial charge < -0.3 is 28.9 Å². The van der Waals surface area contributed by atoms with E-state index in [1.807, 2.05) is 158 Å². The van der Waals surface area contributed by atoms with E-state index in [4.69, 9.17) is 18.3 Å². The minimum absolute atomic E-state index is 0. The first-order valence-electron chi connectivity index (χ1n) is 16.1. The largest absolute Gasteiger partial charge is 2.00 e. The molecule has 0 saturated heterocycles. The average molecular weight is 714 g/mol. The van der Waals surface area contributed by atoms with Gasteiger partial charge in [0.05, 0.1) is 11.1 Å². The standard InChI is InChI=1S/2C21H13N2O2.Cu/c2*1-2-8-14(9-3-1)19(20-22-15-10-4-6-12-17(15)24-20)21-23-16-11-5-7-13-18(16)25-21;/h2*1-13H;/q2*-1;+2/b2*20-19+;. The zero-order chi connectivity index (χ0) is 33.3. The molecule has 0 fully saturated rings. The number of oxazole rings is 2. The van der Waals surface area contributed by atoms with Crippen molar-refractivity contribution in [1.82, 2.24) is 9.97 Å². The summed E-state index contributed by atoms with van der Waals surface area (Å²) in [7, 11) is 0. The number of benzene rings is 6. The molecular formula is C42H26CuN4O4. The molecule has 0 atom stereocenters. The van der Waals surface area contributed by atoms with Crippen molar-refractivity contribution in [1.29, 1.82) is 0 Å². The molecule has 2 aliphatic heterocycles. The molecule has 0 spiro atoms. The predicted molar refractivity (Wildman–Crippen MR) is 193 cm³/mol. The van der Waals surface area contributed by atoms with Gasteiger partial charge in [-0.05, 0) is 47.5 Å². The zero-order valence-corrected chi connectivity index (χ0v) is 27.7. The smallest absolute Gasteiger partial charge is 0.623 e. The fourth-order valence-electron chi connectivity index (χ4n) is 5.80. The van der Waals surface area contributed by atoms with Crippen molar-refractivity contribution in [3.05, 3.63) is 203 Å². The van der Waals surface area contributed by atoms with Crippen molar-refractivity contribution in [2.45, 2.75) is 0 Å². The Morgan fingerprint density at radius 2 is 0.784 bits per heavy atom. The van der Waals surface area contributed by atoms with E-state index in [9.17, 15) is 0 Å². The molecule has 10 rings (SSSR count). The van der Waals surface area contributed by atoms with Crippen LogP contribution in [0.15, 0.2) is 178 Å². The summed E-state index contributed by atoms with van der Waals surface area (Å²) in [6.45, 7) is 0. The molecule has 2 aliphatic rings. The van der Waals surface area contributed by atoms with Crippen molar-refractivity contribution < 1.29 is 35.4 Å². The van der Waals surface area contributed by atoms with Crippen LogP contribution in [0, 0.1) is 0 Å². The molecule has 8 aromatic rings. The third-order valence-electron chi connectivity index (χ3n) is 8.16. The number of para-hydroxylation sites is 8. The second-order valence-electron chi connectivity index (χ2n) is 11.4. The minimum Gasteiger partial charge on any atom is -0.623 e. The molecule has 4 heterocycles. The monoisotopic (exact) mass is 713 g/mol. The molecule has 249 valence electrons. The van der Waals surface area contributed by atoms with E-state index in [0.29, 0.717) is 23.5 Å². The molecule has 51 heavy (non-hydrogen) atoms. The van der Waals surface area contributed by atoms with Crippen LogP contribution in [0.1, 0.15) is 22.9 Å². The van der Waals surface area contributed by atoms with Crippen LogP contribution < -0.4 is 9.47 Å². The number of hydrogen-bond donors (Lipinski definition) is 0. The van der Waals surface area contributed by atoms with E-state index in [0.717, 1.165) is 67.3 Å². The van der Waals surface area contributed by atoms with Gasteiger partial charge in [0.2, 0.25) is 11.8 Å². The summed E-state index contributed by atoms with van der Waals surface area (Å²) < 4.78 is 23.9. The van der Waals surface area contributed by atoms with Crippen molar-refractivity contribution in [2.24, 2.45) is 0 Å². The maximum Gasteiger partial charge on any atom is 2.00 e. The molecule has 9 heteroatoms. The molecule has 1 radical (unpaired) electrons. The quantitative estimate of drug-likeness (QED) is 0.168. The molecule has 0 saturated carbocycles. The normalized spacial score (nSPS) is 14.4. The third-order valence-corrected chi connectivity index (χ3v) is 8.16. The van der Waals surface area contributed by atoms with Crippen LogP contribution in [0.25, 0.3) is 44.0 Å². The first kappa shape index (κ1) is 31.7. The summed E-state index contributed by atoms with van der Waals surface area (Å²) in [5.74, 6) is 3.47. The summed E-state index contributed by atoms with van der Waals surface area (Å²) in [4.78, 5) is 9.26. The fraction of sp³-hybridized carbons (Fsp3) is 0. The van der Waals surface area contributed by atoms with E-state index in [-0.39, 0.29) is 17.1 Å². The number of aromatic nitrogens is 2. The van der Waals surface area contributed by atoms with Crippen LogP contribution in [0.2, 0.25) is 0 Å². The van der Waals surface area contributed by atoms with E-state index in [2.05, 4.69) is 20.6 Å². The molecule has 0 aliphatic carbocycles. The Kier molecular flexibility index (Phi) is 8.56. The van der Waals surface area contributed by atoms with Crippen LogP contribution in [0.3, 0.4) is 0 Å². The van der Waals surface area contributed by atoms with Crippen LogP contribution in [-0.2, 0) is 17.1 Å². The summed E-state index contributed by atoms with van der Waals surface area (Å²) in [5.41, 5.74) is 8.08. The SMILES string of the molecule is [Cu+2].c1ccc(/C(=C2/[N-]c3ccccc3O2)c2nc3ccccc3o2)cc1.c1ccc(/C(=C2/[N-]c3ccccc3O2)c2nc3ccccc3o2)cc1. The van der Waals surface area contributed by atoms with Gasteiger partial charge in [-0.15, -0.1) is 0 Å². The van der Waals surface area contributed by atoms with Gasteiger partial charge in [0.15, 0.2) is 11.2 Å². The number of hydrogen-bond acceptors (Lipinski definition) is 6. The number of nitrogens with zero attached hydrogens (tertiary/aromatic N) is 4. The number of ether oxygens (including phenoxy) is 2. The van der Waals surface area contributed by atoms with E-state index in [1.54, 1.807) is 0 Å². The van der Waals surface area contributed by atoms with Crippen LogP contribution >= 0.6 is 0 Å². The van der Waals surface area contributed by atoms with Gasteiger partial charge >= 0.3 is 17.1 Å². The number of rotatable bonds is 4. The van der Waals surface area contributed by atoms with Crippen LogP contribution in [0.4, 0.5) is 11.4 Å². The minimum atomic E-state index is 0. The Morgan fingerprint density at radius 3 is 1.20 bits per heavy atom. The first-order valence-corrected chi connectivity index (χ1v) is 16.1. The maximum absolute atomic E-state index is 5.99. The van der Waals surface area contributed by atoms with Gasteiger partial charge in [0.25, 0.3) is 0 Å². The van der Waals surface area contributed by atoms with E-state index >= 15 is 0 Å². The third kappa shape index (κ3) is 6.23. The van der Waals surface area contributed by atoms with Crippen molar-refractivity contribution >= 4 is 44.7 Å². The topological polar surface area (TPSA) is 98.7 Å². The predicted octanol–water partition coefficient (Wildman–Crippen LogP) is 11.3. The van der Waals surface area contributed by atoms with E-state index < -0.39 is 0 Å². The summed E-state index contributed by atoms with van der Waals surface area (Å²) in [6, 6.07) is 50.6. The Balaban J connectivity index is 0.000000144. The van der Waals surface area contributed by atoms with Gasteiger partial charge in [0, 0.05) is 11.8 Å². The maximum atomic E-state index is 5.99. The van der Waals surface area contributed by atoms with Crippen molar-refractivity contribution in [3.8, 4) is 11.5 Å². The van der Waals surface area contributed by atoms with Gasteiger partial charge in [-0.3, -0.25) is 0 Å². The van der Waals surface area contributed by atoms with Crippen LogP contribution in [-0.4, -0.2) is 9.97 Å². The first-order chi connectivity index (χ1) is 24.8. The van der Waals surface area contributed by atoms with Gasteiger partial charge in [-0.1, -0.05) is 133 Å². The Bertz CT molecular complexity index is 2260. The number of fused-ring (bicyclic) bond motifs is 4. The molecule has 8 nitrogen and oxygen atoms in total. The molecule has 0 unspecified atom stereocenters. The van der Waals surface area contributed by atoms with Crippen molar-refractivity contribution in [2.75, 3.05) is 0 Å². The molecule has 0 bridgehead atoms. The summed E-state index contributed by atoms with van der Waals surface area (Å²) in [6.07, 6.45) is 0. The van der Waals surface area contributed by atoms with Gasteiger partial charge in [-0.2, -0.15) is 0 Å². The molecule has 0 amide bonds. The van der Waals surface area contributed by atoms with Crippen LogP contribution in [0.5, 0.6) is 11.5 Å². The molecule has 6 aromatic carbocycles. The molecule has 0 N–H and O–H groups in total. The Morgan fingerprint density at radius 1 is 0.412 bits per heavy atom. The average Bonchev–Trinajstić information content (AvgIpc) is 3.97. The fourth-order valence-corrected chi connectivity index (χ4v) is 5.80. The molecule has 2 aromatic heterocycles. The van der Waals surface area contributed by atoms with Gasteiger partial charge in [-0.25, -0.2) is 9.97 Å². The summed E-state index contributed by atoms with van der Waals surface area (Å²) >= 11 is 0. The Hall–Kier alpha value is -6.54. The second-order valence-corrected chi connectivity index (χ2v) is 11.4. The van der Waals surface area contributed by atoms with Gasteiger partial charge in [0.1, 0.15) is 22.5 Å².